The first kappa shape index (κ1) is 24.4. The summed E-state index contributed by atoms with van der Waals surface area (Å²) in [5.41, 5.74) is 5.04. The van der Waals surface area contributed by atoms with E-state index in [0.29, 0.717) is 30.3 Å². The van der Waals surface area contributed by atoms with Gasteiger partial charge >= 0.3 is 0 Å². The number of benzene rings is 3. The van der Waals surface area contributed by atoms with Gasteiger partial charge in [-0.25, -0.2) is 0 Å². The Morgan fingerprint density at radius 1 is 0.946 bits per heavy atom. The van der Waals surface area contributed by atoms with Gasteiger partial charge in [-0.2, -0.15) is 5.10 Å². The summed E-state index contributed by atoms with van der Waals surface area (Å²) in [5, 5.41) is 7.59. The maximum absolute atomic E-state index is 13.7. The standard InChI is InChI=1S/C30H31N3O4/c1-4-5-17-37-24-16-13-22(18-25(24)36-3)29-26-27(21-9-7-6-8-10-21)31-32-28(26)30(34)33(29)19-20-11-14-23(35-2)15-12-20/h6-16,18,29H,4-5,17,19H2,1-3H3,(H,31,32). The lowest BCUT2D eigenvalue weighted by Crippen LogP contribution is -2.29. The molecule has 0 aliphatic carbocycles. The molecule has 1 N–H and O–H groups in total. The van der Waals surface area contributed by atoms with Crippen molar-refractivity contribution in [1.82, 2.24) is 15.1 Å². The maximum Gasteiger partial charge on any atom is 0.273 e. The van der Waals surface area contributed by atoms with E-state index in [1.165, 1.54) is 0 Å². The molecule has 0 spiro atoms. The quantitative estimate of drug-likeness (QED) is 0.271. The lowest BCUT2D eigenvalue weighted by Gasteiger charge is -2.27. The Labute approximate surface area is 217 Å². The molecule has 1 aromatic heterocycles. The Morgan fingerprint density at radius 3 is 2.43 bits per heavy atom. The summed E-state index contributed by atoms with van der Waals surface area (Å²) >= 11 is 0. The predicted molar refractivity (Wildman–Crippen MR) is 142 cm³/mol. The van der Waals surface area contributed by atoms with Crippen LogP contribution < -0.4 is 14.2 Å². The number of amides is 1. The highest BCUT2D eigenvalue weighted by Crippen LogP contribution is 2.45. The number of hydrogen-bond acceptors (Lipinski definition) is 5. The van der Waals surface area contributed by atoms with Crippen molar-refractivity contribution < 1.29 is 19.0 Å². The first-order valence-electron chi connectivity index (χ1n) is 12.5. The van der Waals surface area contributed by atoms with E-state index in [1.54, 1.807) is 14.2 Å². The summed E-state index contributed by atoms with van der Waals surface area (Å²) in [7, 11) is 3.28. The Kier molecular flexibility index (Phi) is 7.12. The molecule has 37 heavy (non-hydrogen) atoms. The van der Waals surface area contributed by atoms with Crippen LogP contribution in [0.1, 0.15) is 53.0 Å². The first-order chi connectivity index (χ1) is 18.1. The molecule has 3 aromatic carbocycles. The van der Waals surface area contributed by atoms with Crippen LogP contribution in [-0.4, -0.2) is 41.8 Å². The third-order valence-corrected chi connectivity index (χ3v) is 6.68. The fourth-order valence-electron chi connectivity index (χ4n) is 4.75. The predicted octanol–water partition coefficient (Wildman–Crippen LogP) is 6.02. The second-order valence-corrected chi connectivity index (χ2v) is 9.02. The number of carbonyl (C=O) groups excluding carboxylic acids is 1. The zero-order valence-electron chi connectivity index (χ0n) is 21.4. The Bertz CT molecular complexity index is 1370. The van der Waals surface area contributed by atoms with Crippen molar-refractivity contribution in [2.75, 3.05) is 20.8 Å². The van der Waals surface area contributed by atoms with Crippen LogP contribution in [-0.2, 0) is 6.54 Å². The third kappa shape index (κ3) is 4.77. The fraction of sp³-hybridized carbons (Fsp3) is 0.267. The zero-order chi connectivity index (χ0) is 25.8. The number of H-pyrrole nitrogens is 1. The zero-order valence-corrected chi connectivity index (χ0v) is 21.4. The molecule has 1 unspecified atom stereocenters. The van der Waals surface area contributed by atoms with Crippen LogP contribution in [0.15, 0.2) is 72.8 Å². The number of methoxy groups -OCH3 is 2. The lowest BCUT2D eigenvalue weighted by atomic mass is 9.95. The molecular weight excluding hydrogens is 466 g/mol. The molecule has 1 amide bonds. The van der Waals surface area contributed by atoms with Crippen LogP contribution in [0.5, 0.6) is 17.2 Å². The van der Waals surface area contributed by atoms with Crippen molar-refractivity contribution in [2.24, 2.45) is 0 Å². The van der Waals surface area contributed by atoms with E-state index in [4.69, 9.17) is 14.2 Å². The van der Waals surface area contributed by atoms with Gasteiger partial charge in [0.25, 0.3) is 5.91 Å². The number of hydrogen-bond donors (Lipinski definition) is 1. The van der Waals surface area contributed by atoms with E-state index in [0.717, 1.165) is 46.5 Å². The summed E-state index contributed by atoms with van der Waals surface area (Å²) in [6, 6.07) is 23.3. The van der Waals surface area contributed by atoms with Gasteiger partial charge < -0.3 is 19.1 Å². The minimum Gasteiger partial charge on any atom is -0.497 e. The fourth-order valence-corrected chi connectivity index (χ4v) is 4.75. The summed E-state index contributed by atoms with van der Waals surface area (Å²) in [5.74, 6) is 2.02. The minimum absolute atomic E-state index is 0.0901. The molecule has 0 fully saturated rings. The molecule has 5 rings (SSSR count). The van der Waals surface area contributed by atoms with E-state index < -0.39 is 0 Å². The molecule has 0 bridgehead atoms. The van der Waals surface area contributed by atoms with Gasteiger partial charge in [-0.1, -0.05) is 61.9 Å². The highest BCUT2D eigenvalue weighted by Gasteiger charge is 2.42. The van der Waals surface area contributed by atoms with E-state index in [1.807, 2.05) is 77.7 Å². The smallest absolute Gasteiger partial charge is 0.273 e. The molecular formula is C30H31N3O4. The van der Waals surface area contributed by atoms with Crippen LogP contribution >= 0.6 is 0 Å². The van der Waals surface area contributed by atoms with E-state index in [9.17, 15) is 4.79 Å². The van der Waals surface area contributed by atoms with E-state index >= 15 is 0 Å². The van der Waals surface area contributed by atoms with Crippen molar-refractivity contribution in [3.8, 4) is 28.5 Å². The third-order valence-electron chi connectivity index (χ3n) is 6.68. The maximum atomic E-state index is 13.7. The molecule has 4 aromatic rings. The van der Waals surface area contributed by atoms with Crippen molar-refractivity contribution in [3.05, 3.63) is 95.2 Å². The summed E-state index contributed by atoms with van der Waals surface area (Å²) in [6.07, 6.45) is 2.02. The number of fused-ring (bicyclic) bond motifs is 1. The van der Waals surface area contributed by atoms with Crippen LogP contribution in [0.2, 0.25) is 0 Å². The highest BCUT2D eigenvalue weighted by molar-refractivity contribution is 6.00. The molecule has 2 heterocycles. The number of nitrogens with zero attached hydrogens (tertiary/aromatic N) is 2. The summed E-state index contributed by atoms with van der Waals surface area (Å²) < 4.78 is 17.0. The Morgan fingerprint density at radius 2 is 1.73 bits per heavy atom. The number of unbranched alkanes of at least 4 members (excludes halogenated alkanes) is 1. The number of carbonyl (C=O) groups is 1. The second kappa shape index (κ2) is 10.8. The van der Waals surface area contributed by atoms with Gasteiger partial charge in [0.2, 0.25) is 0 Å². The normalized spacial score (nSPS) is 14.5. The van der Waals surface area contributed by atoms with Crippen LogP contribution in [0.4, 0.5) is 0 Å². The number of ether oxygens (including phenoxy) is 3. The number of nitrogens with one attached hydrogen (secondary N) is 1. The molecule has 7 nitrogen and oxygen atoms in total. The van der Waals surface area contributed by atoms with Crippen molar-refractivity contribution in [3.63, 3.8) is 0 Å². The second-order valence-electron chi connectivity index (χ2n) is 9.02. The minimum atomic E-state index is -0.350. The van der Waals surface area contributed by atoms with Gasteiger partial charge in [0.05, 0.1) is 32.6 Å². The highest BCUT2D eigenvalue weighted by atomic mass is 16.5. The number of aromatic amines is 1. The van der Waals surface area contributed by atoms with Gasteiger partial charge in [0, 0.05) is 17.7 Å². The van der Waals surface area contributed by atoms with Crippen molar-refractivity contribution in [1.29, 1.82) is 0 Å². The van der Waals surface area contributed by atoms with Gasteiger partial charge in [0.15, 0.2) is 11.5 Å². The molecule has 0 saturated carbocycles. The Hall–Kier alpha value is -4.26. The molecule has 0 saturated heterocycles. The molecule has 7 heteroatoms. The van der Waals surface area contributed by atoms with Gasteiger partial charge in [-0.05, 0) is 41.8 Å². The van der Waals surface area contributed by atoms with Gasteiger partial charge in [-0.3, -0.25) is 9.89 Å². The molecule has 1 aliphatic heterocycles. The monoisotopic (exact) mass is 497 g/mol. The molecule has 0 radical (unpaired) electrons. The summed E-state index contributed by atoms with van der Waals surface area (Å²) in [6.45, 7) is 3.19. The SMILES string of the molecule is CCCCOc1ccc(C2c3c(-c4ccccc4)n[nH]c3C(=O)N2Cc2ccc(OC)cc2)cc1OC. The van der Waals surface area contributed by atoms with Crippen LogP contribution in [0.25, 0.3) is 11.3 Å². The average Bonchev–Trinajstić information content (AvgIpc) is 3.49. The van der Waals surface area contributed by atoms with E-state index in [2.05, 4.69) is 17.1 Å². The van der Waals surface area contributed by atoms with Gasteiger partial charge in [0.1, 0.15) is 11.4 Å². The van der Waals surface area contributed by atoms with Crippen LogP contribution in [0, 0.1) is 0 Å². The lowest BCUT2D eigenvalue weighted by molar-refractivity contribution is 0.0730. The molecule has 1 aliphatic rings. The van der Waals surface area contributed by atoms with Crippen molar-refractivity contribution in [2.45, 2.75) is 32.4 Å². The van der Waals surface area contributed by atoms with Crippen LogP contribution in [0.3, 0.4) is 0 Å². The van der Waals surface area contributed by atoms with Gasteiger partial charge in [-0.15, -0.1) is 0 Å². The Balaban J connectivity index is 1.58. The molecule has 190 valence electrons. The molecule has 1 atom stereocenters. The number of rotatable bonds is 10. The first-order valence-corrected chi connectivity index (χ1v) is 12.5. The summed E-state index contributed by atoms with van der Waals surface area (Å²) in [4.78, 5) is 15.6. The largest absolute Gasteiger partial charge is 0.497 e. The average molecular weight is 498 g/mol. The van der Waals surface area contributed by atoms with Crippen molar-refractivity contribution >= 4 is 5.91 Å². The van der Waals surface area contributed by atoms with E-state index in [-0.39, 0.29) is 11.9 Å². The topological polar surface area (TPSA) is 76.7 Å². The number of aromatic nitrogens is 2.